The summed E-state index contributed by atoms with van der Waals surface area (Å²) in [7, 11) is 1.62. The first-order chi connectivity index (χ1) is 12.2. The van der Waals surface area contributed by atoms with Gasteiger partial charge in [0.15, 0.2) is 0 Å². The third-order valence-corrected chi connectivity index (χ3v) is 3.98. The number of carbonyl (C=O) groups excluding carboxylic acids is 1. The van der Waals surface area contributed by atoms with Crippen LogP contribution in [0.15, 0.2) is 36.0 Å². The minimum atomic E-state index is -0.351. The Morgan fingerprint density at radius 1 is 1.44 bits per heavy atom. The van der Waals surface area contributed by atoms with Crippen LogP contribution >= 0.6 is 0 Å². The smallest absolute Gasteiger partial charge is 0.263 e. The van der Waals surface area contributed by atoms with Crippen molar-refractivity contribution < 1.29 is 9.53 Å². The van der Waals surface area contributed by atoms with Gasteiger partial charge in [0, 0.05) is 52.0 Å². The fourth-order valence-corrected chi connectivity index (χ4v) is 2.56. The topological polar surface area (TPSA) is 89.4 Å². The van der Waals surface area contributed by atoms with Crippen molar-refractivity contribution in [2.24, 2.45) is 0 Å². The maximum absolute atomic E-state index is 12.1. The Morgan fingerprint density at radius 2 is 2.24 bits per heavy atom. The van der Waals surface area contributed by atoms with E-state index in [0.29, 0.717) is 13.1 Å². The molecule has 0 spiro atoms. The highest BCUT2D eigenvalue weighted by Crippen LogP contribution is 2.12. The van der Waals surface area contributed by atoms with Crippen LogP contribution in [0.25, 0.3) is 0 Å². The van der Waals surface area contributed by atoms with Gasteiger partial charge in [-0.3, -0.25) is 9.69 Å². The Hall–Kier alpha value is -2.56. The van der Waals surface area contributed by atoms with E-state index in [1.54, 1.807) is 7.11 Å². The van der Waals surface area contributed by atoms with Crippen molar-refractivity contribution in [2.75, 3.05) is 46.4 Å². The van der Waals surface area contributed by atoms with E-state index in [0.717, 1.165) is 44.0 Å². The summed E-state index contributed by atoms with van der Waals surface area (Å²) in [5.74, 6) is 0.421. The number of benzene rings is 1. The molecule has 0 bridgehead atoms. The van der Waals surface area contributed by atoms with Crippen LogP contribution in [-0.4, -0.2) is 57.2 Å². The van der Waals surface area contributed by atoms with Gasteiger partial charge < -0.3 is 20.7 Å². The summed E-state index contributed by atoms with van der Waals surface area (Å²) in [6, 6.07) is 9.55. The molecule has 2 rings (SSSR count). The minimum Gasteiger partial charge on any atom is -0.497 e. The molecule has 0 aromatic heterocycles. The van der Waals surface area contributed by atoms with Crippen LogP contribution in [0.5, 0.6) is 5.75 Å². The summed E-state index contributed by atoms with van der Waals surface area (Å²) < 4.78 is 5.17. The second kappa shape index (κ2) is 10.3. The molecule has 1 fully saturated rings. The predicted molar refractivity (Wildman–Crippen MR) is 95.8 cm³/mol. The Balaban J connectivity index is 1.76. The van der Waals surface area contributed by atoms with E-state index in [1.807, 2.05) is 30.3 Å². The molecule has 0 unspecified atom stereocenters. The van der Waals surface area contributed by atoms with Gasteiger partial charge in [-0.25, -0.2) is 0 Å². The van der Waals surface area contributed by atoms with Crippen LogP contribution < -0.4 is 20.7 Å². The molecule has 1 aliphatic heterocycles. The second-order valence-corrected chi connectivity index (χ2v) is 5.75. The maximum atomic E-state index is 12.1. The summed E-state index contributed by atoms with van der Waals surface area (Å²) in [4.78, 5) is 14.4. The number of hydrogen-bond acceptors (Lipinski definition) is 6. The number of nitriles is 1. The van der Waals surface area contributed by atoms with Gasteiger partial charge >= 0.3 is 0 Å². The molecule has 0 atom stereocenters. The van der Waals surface area contributed by atoms with Crippen molar-refractivity contribution in [3.63, 3.8) is 0 Å². The first-order valence-corrected chi connectivity index (χ1v) is 8.41. The van der Waals surface area contributed by atoms with Crippen molar-refractivity contribution in [3.05, 3.63) is 41.6 Å². The number of nitrogens with zero attached hydrogens (tertiary/aromatic N) is 2. The molecule has 25 heavy (non-hydrogen) atoms. The third-order valence-electron chi connectivity index (χ3n) is 3.98. The molecule has 1 amide bonds. The van der Waals surface area contributed by atoms with Gasteiger partial charge in [-0.2, -0.15) is 5.26 Å². The van der Waals surface area contributed by atoms with Crippen molar-refractivity contribution in [2.45, 2.75) is 6.54 Å². The molecule has 1 heterocycles. The first kappa shape index (κ1) is 18.8. The molecule has 1 aromatic rings. The number of amides is 1. The van der Waals surface area contributed by atoms with Crippen LogP contribution in [0.2, 0.25) is 0 Å². The van der Waals surface area contributed by atoms with Gasteiger partial charge in [0.05, 0.1) is 7.11 Å². The highest BCUT2D eigenvalue weighted by molar-refractivity contribution is 5.97. The van der Waals surface area contributed by atoms with Gasteiger partial charge in [0.1, 0.15) is 17.4 Å². The van der Waals surface area contributed by atoms with Crippen LogP contribution in [-0.2, 0) is 11.3 Å². The first-order valence-electron chi connectivity index (χ1n) is 8.41. The lowest BCUT2D eigenvalue weighted by Gasteiger charge is -2.27. The molecule has 0 radical (unpaired) electrons. The van der Waals surface area contributed by atoms with Gasteiger partial charge in [-0.1, -0.05) is 12.1 Å². The lowest BCUT2D eigenvalue weighted by atomic mass is 10.2. The lowest BCUT2D eigenvalue weighted by molar-refractivity contribution is -0.117. The summed E-state index contributed by atoms with van der Waals surface area (Å²) >= 11 is 0. The summed E-state index contributed by atoms with van der Waals surface area (Å²) in [6.45, 7) is 5.77. The minimum absolute atomic E-state index is 0.0724. The molecule has 1 aliphatic rings. The fourth-order valence-electron chi connectivity index (χ4n) is 2.56. The van der Waals surface area contributed by atoms with Gasteiger partial charge in [-0.15, -0.1) is 0 Å². The molecule has 7 heteroatoms. The van der Waals surface area contributed by atoms with Crippen molar-refractivity contribution in [3.8, 4) is 11.8 Å². The van der Waals surface area contributed by atoms with E-state index >= 15 is 0 Å². The molecule has 134 valence electrons. The number of ether oxygens (including phenoxy) is 1. The number of rotatable bonds is 8. The molecular formula is C18H25N5O2. The quantitative estimate of drug-likeness (QED) is 0.462. The van der Waals surface area contributed by atoms with Gasteiger partial charge in [0.25, 0.3) is 5.91 Å². The molecule has 3 N–H and O–H groups in total. The predicted octanol–water partition coefficient (Wildman–Crippen LogP) is 0.214. The number of piperazine rings is 1. The lowest BCUT2D eigenvalue weighted by Crippen LogP contribution is -2.46. The summed E-state index contributed by atoms with van der Waals surface area (Å²) in [6.07, 6.45) is 1.46. The van der Waals surface area contributed by atoms with Crippen molar-refractivity contribution >= 4 is 5.91 Å². The molecule has 7 nitrogen and oxygen atoms in total. The monoisotopic (exact) mass is 343 g/mol. The Morgan fingerprint density at radius 3 is 2.96 bits per heavy atom. The average Bonchev–Trinajstić information content (AvgIpc) is 2.66. The largest absolute Gasteiger partial charge is 0.497 e. The SMILES string of the molecule is COc1cccc(CN/C=C(/C#N)C(=O)NCCN2CCNCC2)c1. The number of carbonyl (C=O) groups is 1. The highest BCUT2D eigenvalue weighted by Gasteiger charge is 2.11. The standard InChI is InChI=1S/C18H25N5O2/c1-25-17-4-2-3-15(11-17)13-21-14-16(12-19)18(24)22-7-10-23-8-5-20-6-9-23/h2-4,11,14,20-21H,5-10,13H2,1H3,(H,22,24)/b16-14-. The number of hydrogen-bond donors (Lipinski definition) is 3. The van der Waals surface area contributed by atoms with Gasteiger partial charge in [0.2, 0.25) is 0 Å². The Bertz CT molecular complexity index is 633. The summed E-state index contributed by atoms with van der Waals surface area (Å²) in [5, 5.41) is 18.3. The maximum Gasteiger partial charge on any atom is 0.263 e. The molecule has 1 aromatic carbocycles. The Kier molecular flexibility index (Phi) is 7.76. The molecule has 1 saturated heterocycles. The highest BCUT2D eigenvalue weighted by atomic mass is 16.5. The second-order valence-electron chi connectivity index (χ2n) is 5.75. The van der Waals surface area contributed by atoms with Crippen molar-refractivity contribution in [1.29, 1.82) is 5.26 Å². The van der Waals surface area contributed by atoms with E-state index in [2.05, 4.69) is 20.9 Å². The number of nitrogens with one attached hydrogen (secondary N) is 3. The zero-order valence-electron chi connectivity index (χ0n) is 14.5. The zero-order chi connectivity index (χ0) is 17.9. The van der Waals surface area contributed by atoms with E-state index in [9.17, 15) is 4.79 Å². The number of methoxy groups -OCH3 is 1. The van der Waals surface area contributed by atoms with Crippen LogP contribution in [0.4, 0.5) is 0 Å². The zero-order valence-corrected chi connectivity index (χ0v) is 14.5. The van der Waals surface area contributed by atoms with Crippen LogP contribution in [0, 0.1) is 11.3 Å². The van der Waals surface area contributed by atoms with E-state index in [-0.39, 0.29) is 11.5 Å². The van der Waals surface area contributed by atoms with Crippen LogP contribution in [0.3, 0.4) is 0 Å². The summed E-state index contributed by atoms with van der Waals surface area (Å²) in [5.41, 5.74) is 1.08. The molecular weight excluding hydrogens is 318 g/mol. The molecule has 0 aliphatic carbocycles. The molecule has 0 saturated carbocycles. The van der Waals surface area contributed by atoms with E-state index < -0.39 is 0 Å². The Labute approximate surface area is 148 Å². The van der Waals surface area contributed by atoms with Crippen LogP contribution in [0.1, 0.15) is 5.56 Å². The van der Waals surface area contributed by atoms with E-state index in [1.165, 1.54) is 6.20 Å². The van der Waals surface area contributed by atoms with Crippen molar-refractivity contribution in [1.82, 2.24) is 20.9 Å². The normalized spacial score (nSPS) is 15.3. The van der Waals surface area contributed by atoms with E-state index in [4.69, 9.17) is 10.00 Å². The fraction of sp³-hybridized carbons (Fsp3) is 0.444. The third kappa shape index (κ3) is 6.45. The van der Waals surface area contributed by atoms with Gasteiger partial charge in [-0.05, 0) is 17.7 Å². The average molecular weight is 343 g/mol.